The molecule has 0 heterocycles. The van der Waals surface area contributed by atoms with Crippen LogP contribution in [0.25, 0.3) is 0 Å². The summed E-state index contributed by atoms with van der Waals surface area (Å²) < 4.78 is 5.00. The van der Waals surface area contributed by atoms with Crippen molar-refractivity contribution in [1.82, 2.24) is 5.32 Å². The van der Waals surface area contributed by atoms with Crippen molar-refractivity contribution in [2.24, 2.45) is 0 Å². The largest absolute Gasteiger partial charge is 0.504 e. The van der Waals surface area contributed by atoms with Crippen LogP contribution in [0.5, 0.6) is 11.5 Å². The lowest BCUT2D eigenvalue weighted by atomic mass is 10.2. The molecule has 0 saturated heterocycles. The van der Waals surface area contributed by atoms with Crippen molar-refractivity contribution in [2.75, 3.05) is 12.4 Å². The van der Waals surface area contributed by atoms with E-state index in [0.29, 0.717) is 22.6 Å². The molecule has 0 unspecified atom stereocenters. The number of nitrogens with one attached hydrogen (secondary N) is 2. The minimum atomic E-state index is -0.433. The number of ether oxygens (including phenoxy) is 1. The van der Waals surface area contributed by atoms with E-state index in [1.165, 1.54) is 7.11 Å². The number of benzene rings is 2. The molecule has 0 spiro atoms. The SMILES string of the molecule is COc1cccc(CNC(=O)Nc2cccc(C#N)c2)c1O. The number of phenolic OH excluding ortho intramolecular Hbond substituents is 1. The number of hydrogen-bond acceptors (Lipinski definition) is 4. The van der Waals surface area contributed by atoms with Gasteiger partial charge in [0.2, 0.25) is 0 Å². The van der Waals surface area contributed by atoms with Gasteiger partial charge in [0.25, 0.3) is 0 Å². The van der Waals surface area contributed by atoms with Crippen LogP contribution in [0.1, 0.15) is 11.1 Å². The summed E-state index contributed by atoms with van der Waals surface area (Å²) in [4.78, 5) is 11.8. The molecule has 0 fully saturated rings. The molecule has 0 aromatic heterocycles. The summed E-state index contributed by atoms with van der Waals surface area (Å²) in [6.07, 6.45) is 0. The molecule has 0 aliphatic rings. The van der Waals surface area contributed by atoms with E-state index in [1.54, 1.807) is 42.5 Å². The van der Waals surface area contributed by atoms with Gasteiger partial charge in [0.1, 0.15) is 0 Å². The third-order valence-electron chi connectivity index (χ3n) is 2.99. The van der Waals surface area contributed by atoms with Crippen LogP contribution < -0.4 is 15.4 Å². The van der Waals surface area contributed by atoms with E-state index in [9.17, 15) is 9.90 Å². The summed E-state index contributed by atoms with van der Waals surface area (Å²) in [6, 6.07) is 13.2. The average Bonchev–Trinajstić information content (AvgIpc) is 2.54. The van der Waals surface area contributed by atoms with Crippen LogP contribution in [0, 0.1) is 11.3 Å². The second kappa shape index (κ2) is 6.99. The number of urea groups is 1. The zero-order valence-electron chi connectivity index (χ0n) is 12.0. The number of carbonyl (C=O) groups is 1. The molecule has 2 rings (SSSR count). The molecule has 0 radical (unpaired) electrons. The Hall–Kier alpha value is -3.20. The Labute approximate surface area is 128 Å². The number of methoxy groups -OCH3 is 1. The van der Waals surface area contributed by atoms with Crippen LogP contribution in [0.4, 0.5) is 10.5 Å². The number of phenols is 1. The van der Waals surface area contributed by atoms with Crippen molar-refractivity contribution in [1.29, 1.82) is 5.26 Å². The second-order valence-corrected chi connectivity index (χ2v) is 4.47. The zero-order chi connectivity index (χ0) is 15.9. The van der Waals surface area contributed by atoms with Crippen LogP contribution in [-0.2, 0) is 6.54 Å². The van der Waals surface area contributed by atoms with E-state index in [0.717, 1.165) is 0 Å². The van der Waals surface area contributed by atoms with Gasteiger partial charge < -0.3 is 20.5 Å². The Balaban J connectivity index is 1.97. The number of rotatable bonds is 4. The summed E-state index contributed by atoms with van der Waals surface area (Å²) in [5, 5.41) is 24.0. The first-order chi connectivity index (χ1) is 10.6. The van der Waals surface area contributed by atoms with Gasteiger partial charge in [0.05, 0.1) is 18.7 Å². The van der Waals surface area contributed by atoms with Gasteiger partial charge in [-0.3, -0.25) is 0 Å². The fourth-order valence-corrected chi connectivity index (χ4v) is 1.89. The molecule has 3 N–H and O–H groups in total. The summed E-state index contributed by atoms with van der Waals surface area (Å²) in [5.41, 5.74) is 1.52. The molecule has 0 aliphatic heterocycles. The smallest absolute Gasteiger partial charge is 0.319 e. The highest BCUT2D eigenvalue weighted by Gasteiger charge is 2.08. The normalized spacial score (nSPS) is 9.64. The fourth-order valence-electron chi connectivity index (χ4n) is 1.89. The van der Waals surface area contributed by atoms with Gasteiger partial charge in [0.15, 0.2) is 11.5 Å². The number of anilines is 1. The number of nitriles is 1. The third-order valence-corrected chi connectivity index (χ3v) is 2.99. The molecular formula is C16H15N3O3. The number of hydrogen-bond donors (Lipinski definition) is 3. The quantitative estimate of drug-likeness (QED) is 0.808. The predicted molar refractivity (Wildman–Crippen MR) is 81.7 cm³/mol. The molecule has 112 valence electrons. The average molecular weight is 297 g/mol. The number of amides is 2. The van der Waals surface area contributed by atoms with E-state index in [-0.39, 0.29) is 12.3 Å². The summed E-state index contributed by atoms with van der Waals surface area (Å²) in [7, 11) is 1.46. The standard InChI is InChI=1S/C16H15N3O3/c1-22-14-7-3-5-12(15(14)20)10-18-16(21)19-13-6-2-4-11(8-13)9-17/h2-8,20H,10H2,1H3,(H2,18,19,21). The van der Waals surface area contributed by atoms with E-state index < -0.39 is 6.03 Å². The first-order valence-electron chi connectivity index (χ1n) is 6.54. The Kier molecular flexibility index (Phi) is 4.83. The van der Waals surface area contributed by atoms with E-state index >= 15 is 0 Å². The van der Waals surface area contributed by atoms with Gasteiger partial charge in [-0.05, 0) is 24.3 Å². The molecule has 2 aromatic carbocycles. The molecule has 0 atom stereocenters. The van der Waals surface area contributed by atoms with Gasteiger partial charge >= 0.3 is 6.03 Å². The maximum Gasteiger partial charge on any atom is 0.319 e. The Morgan fingerprint density at radius 2 is 2.09 bits per heavy atom. The van der Waals surface area contributed by atoms with Crippen molar-refractivity contribution in [3.05, 3.63) is 53.6 Å². The molecule has 22 heavy (non-hydrogen) atoms. The van der Waals surface area contributed by atoms with Crippen molar-refractivity contribution >= 4 is 11.7 Å². The molecule has 0 aliphatic carbocycles. The van der Waals surface area contributed by atoms with Crippen molar-refractivity contribution in [3.63, 3.8) is 0 Å². The monoisotopic (exact) mass is 297 g/mol. The summed E-state index contributed by atoms with van der Waals surface area (Å²) in [6.45, 7) is 0.146. The molecule has 0 bridgehead atoms. The van der Waals surface area contributed by atoms with Gasteiger partial charge in [0, 0.05) is 17.8 Å². The van der Waals surface area contributed by atoms with Crippen molar-refractivity contribution < 1.29 is 14.6 Å². The molecule has 6 heteroatoms. The number of aromatic hydroxyl groups is 1. The van der Waals surface area contributed by atoms with E-state index in [1.807, 2.05) is 6.07 Å². The van der Waals surface area contributed by atoms with Gasteiger partial charge in [-0.25, -0.2) is 4.79 Å². The molecular weight excluding hydrogens is 282 g/mol. The molecule has 6 nitrogen and oxygen atoms in total. The number of nitrogens with zero attached hydrogens (tertiary/aromatic N) is 1. The van der Waals surface area contributed by atoms with Crippen LogP contribution in [0.15, 0.2) is 42.5 Å². The topological polar surface area (TPSA) is 94.4 Å². The highest BCUT2D eigenvalue weighted by molar-refractivity contribution is 5.89. The second-order valence-electron chi connectivity index (χ2n) is 4.47. The van der Waals surface area contributed by atoms with E-state index in [2.05, 4.69) is 10.6 Å². The highest BCUT2D eigenvalue weighted by Crippen LogP contribution is 2.29. The number of carbonyl (C=O) groups excluding carboxylic acids is 1. The maximum atomic E-state index is 11.8. The molecule has 0 saturated carbocycles. The molecule has 2 amide bonds. The van der Waals surface area contributed by atoms with Crippen LogP contribution in [-0.4, -0.2) is 18.2 Å². The first kappa shape index (κ1) is 15.2. The lowest BCUT2D eigenvalue weighted by Crippen LogP contribution is -2.28. The van der Waals surface area contributed by atoms with Gasteiger partial charge in [-0.1, -0.05) is 18.2 Å². The zero-order valence-corrected chi connectivity index (χ0v) is 12.0. The summed E-state index contributed by atoms with van der Waals surface area (Å²) in [5.74, 6) is 0.346. The van der Waals surface area contributed by atoms with Crippen LogP contribution in [0.3, 0.4) is 0 Å². The lowest BCUT2D eigenvalue weighted by Gasteiger charge is -2.11. The minimum absolute atomic E-state index is 0.00298. The summed E-state index contributed by atoms with van der Waals surface area (Å²) >= 11 is 0. The van der Waals surface area contributed by atoms with Crippen LogP contribution >= 0.6 is 0 Å². The first-order valence-corrected chi connectivity index (χ1v) is 6.54. The lowest BCUT2D eigenvalue weighted by molar-refractivity contribution is 0.251. The van der Waals surface area contributed by atoms with Gasteiger partial charge in [-0.2, -0.15) is 5.26 Å². The fraction of sp³-hybridized carbons (Fsp3) is 0.125. The number of para-hydroxylation sites is 1. The molecule has 2 aromatic rings. The van der Waals surface area contributed by atoms with E-state index in [4.69, 9.17) is 10.00 Å². The highest BCUT2D eigenvalue weighted by atomic mass is 16.5. The Morgan fingerprint density at radius 1 is 1.32 bits per heavy atom. The van der Waals surface area contributed by atoms with Crippen molar-refractivity contribution in [2.45, 2.75) is 6.54 Å². The Bertz CT molecular complexity index is 723. The van der Waals surface area contributed by atoms with Gasteiger partial charge in [-0.15, -0.1) is 0 Å². The predicted octanol–water partition coefficient (Wildman–Crippen LogP) is 2.59. The maximum absolute atomic E-state index is 11.8. The van der Waals surface area contributed by atoms with Crippen molar-refractivity contribution in [3.8, 4) is 17.6 Å². The third kappa shape index (κ3) is 3.67. The Morgan fingerprint density at radius 3 is 2.82 bits per heavy atom. The minimum Gasteiger partial charge on any atom is -0.504 e. The van der Waals surface area contributed by atoms with Crippen LogP contribution in [0.2, 0.25) is 0 Å².